The molecular weight excluding hydrogens is 347 g/mol. The Hall–Kier alpha value is -1.92. The molecule has 3 N–H and O–H groups in total. The zero-order valence-corrected chi connectivity index (χ0v) is 14.8. The minimum absolute atomic E-state index is 0. The number of benzene rings is 1. The second-order valence-electron chi connectivity index (χ2n) is 6.60. The Morgan fingerprint density at radius 2 is 1.96 bits per heavy atom. The predicted molar refractivity (Wildman–Crippen MR) is 96.6 cm³/mol. The second kappa shape index (κ2) is 7.54. The van der Waals surface area contributed by atoms with Crippen molar-refractivity contribution >= 4 is 29.3 Å². The van der Waals surface area contributed by atoms with Gasteiger partial charge in [-0.2, -0.15) is 0 Å². The van der Waals surface area contributed by atoms with Gasteiger partial charge in [-0.05, 0) is 38.0 Å². The van der Waals surface area contributed by atoms with Gasteiger partial charge in [-0.3, -0.25) is 9.59 Å². The largest absolute Gasteiger partial charge is 0.451 e. The highest BCUT2D eigenvalue weighted by Gasteiger charge is 2.34. The van der Waals surface area contributed by atoms with Crippen molar-refractivity contribution in [3.8, 4) is 0 Å². The topological polar surface area (TPSA) is 85.3 Å². The van der Waals surface area contributed by atoms with E-state index < -0.39 is 22.7 Å². The summed E-state index contributed by atoms with van der Waals surface area (Å²) in [7, 11) is 0. The van der Waals surface area contributed by atoms with Gasteiger partial charge in [0.05, 0.1) is 5.39 Å². The third-order valence-electron chi connectivity index (χ3n) is 4.91. The summed E-state index contributed by atoms with van der Waals surface area (Å²) in [5.74, 6) is -1.10. The Labute approximate surface area is 151 Å². The molecule has 7 heteroatoms. The summed E-state index contributed by atoms with van der Waals surface area (Å²) >= 11 is 0. The van der Waals surface area contributed by atoms with Gasteiger partial charge < -0.3 is 15.5 Å². The summed E-state index contributed by atoms with van der Waals surface area (Å²) in [5, 5.41) is 2.95. The number of amides is 1. The molecule has 1 fully saturated rings. The molecule has 0 bridgehead atoms. The Balaban J connectivity index is 0.00000225. The number of halogens is 2. The zero-order valence-electron chi connectivity index (χ0n) is 14.0. The standard InChI is InChI=1S/C18H21FN2O3.ClH/c1-11(18(20)7-3-2-4-8-18)21-17(23)16-10-14(22)13-9-12(19)5-6-15(13)24-16;/h5-6,9-11H,2-4,7-8,20H2,1H3,(H,21,23);1H. The number of hydrogen-bond acceptors (Lipinski definition) is 4. The average Bonchev–Trinajstić information content (AvgIpc) is 2.56. The van der Waals surface area contributed by atoms with Gasteiger partial charge >= 0.3 is 0 Å². The van der Waals surface area contributed by atoms with Crippen molar-refractivity contribution in [2.24, 2.45) is 5.73 Å². The van der Waals surface area contributed by atoms with E-state index in [4.69, 9.17) is 10.2 Å². The molecule has 0 aliphatic heterocycles. The van der Waals surface area contributed by atoms with Gasteiger partial charge in [-0.1, -0.05) is 19.3 Å². The van der Waals surface area contributed by atoms with Crippen LogP contribution in [-0.2, 0) is 0 Å². The normalized spacial score (nSPS) is 17.6. The number of nitrogens with one attached hydrogen (secondary N) is 1. The quantitative estimate of drug-likeness (QED) is 0.871. The van der Waals surface area contributed by atoms with Gasteiger partial charge in [0.2, 0.25) is 0 Å². The highest BCUT2D eigenvalue weighted by Crippen LogP contribution is 2.28. The van der Waals surface area contributed by atoms with Crippen molar-refractivity contribution in [2.45, 2.75) is 50.6 Å². The van der Waals surface area contributed by atoms with E-state index in [2.05, 4.69) is 5.32 Å². The molecule has 1 aliphatic rings. The lowest BCUT2D eigenvalue weighted by molar-refractivity contribution is 0.0879. The van der Waals surface area contributed by atoms with E-state index in [9.17, 15) is 14.0 Å². The van der Waals surface area contributed by atoms with E-state index in [0.717, 1.165) is 44.2 Å². The Kier molecular flexibility index (Phi) is 5.85. The van der Waals surface area contributed by atoms with Gasteiger partial charge in [-0.25, -0.2) is 4.39 Å². The molecule has 1 aromatic heterocycles. The Bertz CT molecular complexity index is 831. The fourth-order valence-corrected chi connectivity index (χ4v) is 3.29. The summed E-state index contributed by atoms with van der Waals surface area (Å²) in [6.07, 6.45) is 4.97. The Morgan fingerprint density at radius 1 is 1.28 bits per heavy atom. The van der Waals surface area contributed by atoms with E-state index in [1.54, 1.807) is 0 Å². The number of nitrogens with two attached hydrogens (primary N) is 1. The van der Waals surface area contributed by atoms with Crippen LogP contribution in [-0.4, -0.2) is 17.5 Å². The number of carbonyl (C=O) groups excluding carboxylic acids is 1. The predicted octanol–water partition coefficient (Wildman–Crippen LogP) is 3.13. The molecule has 136 valence electrons. The number of hydrogen-bond donors (Lipinski definition) is 2. The SMILES string of the molecule is CC(NC(=O)c1cc(=O)c2cc(F)ccc2o1)C1(N)CCCCC1.Cl. The number of fused-ring (bicyclic) bond motifs is 1. The third kappa shape index (κ3) is 4.02. The molecule has 25 heavy (non-hydrogen) atoms. The van der Waals surface area contributed by atoms with Crippen LogP contribution in [0.1, 0.15) is 49.6 Å². The first-order valence-corrected chi connectivity index (χ1v) is 8.22. The maximum absolute atomic E-state index is 13.2. The van der Waals surface area contributed by atoms with E-state index in [1.165, 1.54) is 12.1 Å². The van der Waals surface area contributed by atoms with E-state index in [1.807, 2.05) is 6.92 Å². The lowest BCUT2D eigenvalue weighted by atomic mass is 9.78. The van der Waals surface area contributed by atoms with Gasteiger partial charge in [0.25, 0.3) is 5.91 Å². The molecule has 1 amide bonds. The van der Waals surface area contributed by atoms with Crippen molar-refractivity contribution in [3.05, 3.63) is 46.1 Å². The molecule has 3 rings (SSSR count). The molecule has 1 saturated carbocycles. The van der Waals surface area contributed by atoms with Crippen LogP contribution in [0.4, 0.5) is 4.39 Å². The average molecular weight is 369 g/mol. The van der Waals surface area contributed by atoms with E-state index >= 15 is 0 Å². The summed E-state index contributed by atoms with van der Waals surface area (Å²) < 4.78 is 18.7. The highest BCUT2D eigenvalue weighted by molar-refractivity contribution is 5.93. The molecule has 1 aliphatic carbocycles. The number of carbonyl (C=O) groups is 1. The first-order valence-electron chi connectivity index (χ1n) is 8.22. The molecule has 0 radical (unpaired) electrons. The van der Waals surface area contributed by atoms with Crippen molar-refractivity contribution in [1.82, 2.24) is 5.32 Å². The molecule has 2 aromatic rings. The van der Waals surface area contributed by atoms with Crippen LogP contribution in [0.5, 0.6) is 0 Å². The van der Waals surface area contributed by atoms with Crippen molar-refractivity contribution in [3.63, 3.8) is 0 Å². The molecule has 1 atom stereocenters. The van der Waals surface area contributed by atoms with Crippen LogP contribution in [0.25, 0.3) is 11.0 Å². The zero-order chi connectivity index (χ0) is 17.3. The molecule has 1 aromatic carbocycles. The van der Waals surface area contributed by atoms with Gasteiger partial charge in [0, 0.05) is 17.6 Å². The van der Waals surface area contributed by atoms with Crippen LogP contribution in [0.3, 0.4) is 0 Å². The van der Waals surface area contributed by atoms with Crippen LogP contribution < -0.4 is 16.5 Å². The fraction of sp³-hybridized carbons (Fsp3) is 0.444. The molecule has 5 nitrogen and oxygen atoms in total. The summed E-state index contributed by atoms with van der Waals surface area (Å²) in [6, 6.07) is 4.49. The molecule has 1 unspecified atom stereocenters. The lowest BCUT2D eigenvalue weighted by Crippen LogP contribution is -2.58. The third-order valence-corrected chi connectivity index (χ3v) is 4.91. The molecule has 1 heterocycles. The van der Waals surface area contributed by atoms with Gasteiger partial charge in [0.1, 0.15) is 11.4 Å². The van der Waals surface area contributed by atoms with Crippen LogP contribution in [0.2, 0.25) is 0 Å². The van der Waals surface area contributed by atoms with Crippen LogP contribution in [0, 0.1) is 5.82 Å². The van der Waals surface area contributed by atoms with Crippen molar-refractivity contribution in [1.29, 1.82) is 0 Å². The van der Waals surface area contributed by atoms with E-state index in [-0.39, 0.29) is 35.2 Å². The minimum Gasteiger partial charge on any atom is -0.451 e. The maximum Gasteiger partial charge on any atom is 0.287 e. The van der Waals surface area contributed by atoms with Crippen molar-refractivity contribution in [2.75, 3.05) is 0 Å². The smallest absolute Gasteiger partial charge is 0.287 e. The van der Waals surface area contributed by atoms with Crippen LogP contribution in [0.15, 0.2) is 33.5 Å². The molecular formula is C18H22ClFN2O3. The maximum atomic E-state index is 13.2. The molecule has 0 spiro atoms. The summed E-state index contributed by atoms with van der Waals surface area (Å²) in [5.41, 5.74) is 5.71. The first-order chi connectivity index (χ1) is 11.4. The second-order valence-corrected chi connectivity index (χ2v) is 6.60. The Morgan fingerprint density at radius 3 is 2.64 bits per heavy atom. The van der Waals surface area contributed by atoms with Gasteiger partial charge in [-0.15, -0.1) is 12.4 Å². The highest BCUT2D eigenvalue weighted by atomic mass is 35.5. The first kappa shape index (κ1) is 19.4. The van der Waals surface area contributed by atoms with Crippen molar-refractivity contribution < 1.29 is 13.6 Å². The minimum atomic E-state index is -0.525. The van der Waals surface area contributed by atoms with Crippen LogP contribution >= 0.6 is 12.4 Å². The monoisotopic (exact) mass is 368 g/mol. The van der Waals surface area contributed by atoms with E-state index in [0.29, 0.717) is 0 Å². The summed E-state index contributed by atoms with van der Waals surface area (Å²) in [4.78, 5) is 24.5. The molecule has 0 saturated heterocycles. The lowest BCUT2D eigenvalue weighted by Gasteiger charge is -2.39. The number of rotatable bonds is 3. The fourth-order valence-electron chi connectivity index (χ4n) is 3.29. The van der Waals surface area contributed by atoms with Gasteiger partial charge in [0.15, 0.2) is 11.2 Å². The summed E-state index contributed by atoms with van der Waals surface area (Å²) in [6.45, 7) is 1.87.